The Kier molecular flexibility index (Phi) is 6.22. The molecule has 5 rings (SSSR count). The number of piperazine rings is 1. The van der Waals surface area contributed by atoms with Crippen LogP contribution in [0.1, 0.15) is 19.5 Å². The molecule has 186 valence electrons. The fourth-order valence-corrected chi connectivity index (χ4v) is 4.93. The van der Waals surface area contributed by atoms with Crippen LogP contribution in [0.3, 0.4) is 0 Å². The van der Waals surface area contributed by atoms with Crippen LogP contribution in [0.4, 0.5) is 20.3 Å². The molecular weight excluding hydrogens is 460 g/mol. The number of aromatic nitrogens is 2. The van der Waals surface area contributed by atoms with Crippen LogP contribution in [0, 0.1) is 18.7 Å². The molecule has 4 aromatic rings. The molecular formula is C28H29F2N5O. The van der Waals surface area contributed by atoms with Crippen molar-refractivity contribution in [1.29, 1.82) is 0 Å². The Morgan fingerprint density at radius 2 is 1.64 bits per heavy atom. The normalized spacial score (nSPS) is 14.7. The molecule has 0 spiro atoms. The van der Waals surface area contributed by atoms with Gasteiger partial charge < -0.3 is 15.6 Å². The minimum atomic E-state index is -0.692. The number of nitrogens with zero attached hydrogens (tertiary/aromatic N) is 3. The highest BCUT2D eigenvalue weighted by Crippen LogP contribution is 2.34. The molecule has 0 unspecified atom stereocenters. The third-order valence-corrected chi connectivity index (χ3v) is 6.94. The number of hydrogen-bond donors (Lipinski definition) is 2. The molecule has 1 fully saturated rings. The number of benzene rings is 2. The molecule has 0 radical (unpaired) electrons. The Hall–Kier alpha value is -3.78. The van der Waals surface area contributed by atoms with Crippen LogP contribution < -0.4 is 16.2 Å². The largest absolute Gasteiger partial charge is 0.383 e. The molecule has 0 bridgehead atoms. The van der Waals surface area contributed by atoms with Crippen molar-refractivity contribution in [1.82, 2.24) is 14.9 Å². The van der Waals surface area contributed by atoms with Gasteiger partial charge in [-0.25, -0.2) is 9.37 Å². The number of pyridine rings is 2. The lowest BCUT2D eigenvalue weighted by atomic mass is 9.98. The summed E-state index contributed by atoms with van der Waals surface area (Å²) in [5, 5.41) is 0.418. The van der Waals surface area contributed by atoms with Gasteiger partial charge in [0.25, 0.3) is 5.56 Å². The molecule has 0 atom stereocenters. The zero-order chi connectivity index (χ0) is 25.6. The molecule has 0 amide bonds. The van der Waals surface area contributed by atoms with Gasteiger partial charge in [-0.1, -0.05) is 12.1 Å². The first-order chi connectivity index (χ1) is 17.2. The predicted molar refractivity (Wildman–Crippen MR) is 141 cm³/mol. The minimum Gasteiger partial charge on any atom is -0.383 e. The quantitative estimate of drug-likeness (QED) is 0.397. The smallest absolute Gasteiger partial charge is 0.258 e. The number of anilines is 2. The molecule has 0 saturated carbocycles. The van der Waals surface area contributed by atoms with E-state index in [0.29, 0.717) is 33.8 Å². The number of aromatic amines is 1. The number of nitrogens with two attached hydrogens (primary N) is 1. The highest BCUT2D eigenvalue weighted by atomic mass is 19.1. The van der Waals surface area contributed by atoms with Crippen LogP contribution in [-0.4, -0.2) is 47.1 Å². The Morgan fingerprint density at radius 3 is 2.31 bits per heavy atom. The van der Waals surface area contributed by atoms with Crippen LogP contribution in [0.5, 0.6) is 0 Å². The molecule has 8 heteroatoms. The van der Waals surface area contributed by atoms with Gasteiger partial charge in [0, 0.05) is 54.7 Å². The summed E-state index contributed by atoms with van der Waals surface area (Å²) in [4.78, 5) is 23.5. The fourth-order valence-electron chi connectivity index (χ4n) is 4.93. The Labute approximate surface area is 208 Å². The summed E-state index contributed by atoms with van der Waals surface area (Å²) in [6, 6.07) is 14.4. The second-order valence-corrected chi connectivity index (χ2v) is 9.63. The molecule has 3 heterocycles. The maximum Gasteiger partial charge on any atom is 0.258 e. The number of nitrogen functional groups attached to an aromatic ring is 1. The van der Waals surface area contributed by atoms with Crippen molar-refractivity contribution in [3.63, 3.8) is 0 Å². The average Bonchev–Trinajstić information content (AvgIpc) is 2.83. The lowest BCUT2D eigenvalue weighted by Crippen LogP contribution is -2.48. The van der Waals surface area contributed by atoms with E-state index in [9.17, 15) is 13.6 Å². The predicted octanol–water partition coefficient (Wildman–Crippen LogP) is 4.96. The number of H-pyrrole nitrogens is 1. The number of nitrogens with one attached hydrogen (secondary N) is 1. The van der Waals surface area contributed by atoms with Gasteiger partial charge >= 0.3 is 0 Å². The van der Waals surface area contributed by atoms with Crippen molar-refractivity contribution in [3.05, 3.63) is 76.3 Å². The first-order valence-electron chi connectivity index (χ1n) is 12.1. The Morgan fingerprint density at radius 1 is 0.944 bits per heavy atom. The van der Waals surface area contributed by atoms with E-state index in [0.717, 1.165) is 31.9 Å². The topological polar surface area (TPSA) is 78.2 Å². The monoisotopic (exact) mass is 489 g/mol. The SMILES string of the molecule is Cc1cc2cc(-c3cc(-c4ccc(N5CCN(C(C)C)CC5)cc4)c(F)nc3N)cc(F)c2c(=O)[nH]1. The first kappa shape index (κ1) is 23.9. The average molecular weight is 490 g/mol. The van der Waals surface area contributed by atoms with Crippen molar-refractivity contribution in [2.24, 2.45) is 0 Å². The van der Waals surface area contributed by atoms with Crippen molar-refractivity contribution in [2.75, 3.05) is 36.8 Å². The molecule has 1 aliphatic rings. The highest BCUT2D eigenvalue weighted by molar-refractivity contribution is 5.90. The number of aryl methyl sites for hydroxylation is 1. The number of halogens is 2. The maximum absolute atomic E-state index is 14.9. The maximum atomic E-state index is 14.9. The van der Waals surface area contributed by atoms with E-state index in [1.165, 1.54) is 6.07 Å². The van der Waals surface area contributed by atoms with E-state index in [4.69, 9.17) is 5.73 Å². The molecule has 3 N–H and O–H groups in total. The molecule has 1 aliphatic heterocycles. The van der Waals surface area contributed by atoms with Crippen LogP contribution >= 0.6 is 0 Å². The molecule has 2 aromatic heterocycles. The van der Waals surface area contributed by atoms with Crippen LogP contribution in [0.15, 0.2) is 53.3 Å². The molecule has 0 aliphatic carbocycles. The van der Waals surface area contributed by atoms with Crippen LogP contribution in [0.2, 0.25) is 0 Å². The first-order valence-corrected chi connectivity index (χ1v) is 12.1. The molecule has 2 aromatic carbocycles. The van der Waals surface area contributed by atoms with Gasteiger partial charge in [-0.15, -0.1) is 0 Å². The van der Waals surface area contributed by atoms with E-state index in [-0.39, 0.29) is 16.8 Å². The van der Waals surface area contributed by atoms with Gasteiger partial charge in [-0.3, -0.25) is 9.69 Å². The zero-order valence-corrected chi connectivity index (χ0v) is 20.6. The number of fused-ring (bicyclic) bond motifs is 1. The van der Waals surface area contributed by atoms with Gasteiger partial charge in [0.2, 0.25) is 5.95 Å². The van der Waals surface area contributed by atoms with Crippen molar-refractivity contribution < 1.29 is 8.78 Å². The van der Waals surface area contributed by atoms with Gasteiger partial charge in [0.15, 0.2) is 0 Å². The summed E-state index contributed by atoms with van der Waals surface area (Å²) in [7, 11) is 0. The number of hydrogen-bond acceptors (Lipinski definition) is 5. The fraction of sp³-hybridized carbons (Fsp3) is 0.286. The lowest BCUT2D eigenvalue weighted by molar-refractivity contribution is 0.209. The van der Waals surface area contributed by atoms with Gasteiger partial charge in [0.05, 0.1) is 5.39 Å². The van der Waals surface area contributed by atoms with E-state index < -0.39 is 17.3 Å². The van der Waals surface area contributed by atoms with Gasteiger partial charge in [0.1, 0.15) is 11.6 Å². The summed E-state index contributed by atoms with van der Waals surface area (Å²) in [5.41, 5.74) is 9.02. The van der Waals surface area contributed by atoms with E-state index >= 15 is 0 Å². The van der Waals surface area contributed by atoms with E-state index in [1.807, 2.05) is 24.3 Å². The van der Waals surface area contributed by atoms with Crippen molar-refractivity contribution >= 4 is 22.3 Å². The minimum absolute atomic E-state index is 0.0250. The highest BCUT2D eigenvalue weighted by Gasteiger charge is 2.20. The summed E-state index contributed by atoms with van der Waals surface area (Å²) < 4.78 is 29.8. The molecule has 1 saturated heterocycles. The third kappa shape index (κ3) is 4.44. The summed E-state index contributed by atoms with van der Waals surface area (Å²) in [6.45, 7) is 10.0. The van der Waals surface area contributed by atoms with Crippen LogP contribution in [0.25, 0.3) is 33.0 Å². The molecule has 36 heavy (non-hydrogen) atoms. The van der Waals surface area contributed by atoms with Gasteiger partial charge in [-0.2, -0.15) is 4.39 Å². The van der Waals surface area contributed by atoms with Crippen molar-refractivity contribution in [2.45, 2.75) is 26.8 Å². The van der Waals surface area contributed by atoms with E-state index in [1.54, 1.807) is 25.1 Å². The summed E-state index contributed by atoms with van der Waals surface area (Å²) in [5.74, 6) is -1.41. The third-order valence-electron chi connectivity index (χ3n) is 6.94. The standard InChI is InChI=1S/C28H29F2N5O/c1-16(2)34-8-10-35(11-9-34)21-6-4-18(5-7-21)22-15-23(27(31)33-26(22)30)19-13-20-12-17(3)32-28(36)25(20)24(29)14-19/h4-7,12-16H,8-11H2,1-3H3,(H2,31,33)(H,32,36). The summed E-state index contributed by atoms with van der Waals surface area (Å²) >= 11 is 0. The Balaban J connectivity index is 1.49. The van der Waals surface area contributed by atoms with E-state index in [2.05, 4.69) is 33.6 Å². The molecule has 6 nitrogen and oxygen atoms in total. The Bertz CT molecular complexity index is 1490. The van der Waals surface area contributed by atoms with Crippen molar-refractivity contribution in [3.8, 4) is 22.3 Å². The van der Waals surface area contributed by atoms with Gasteiger partial charge in [-0.05, 0) is 73.7 Å². The summed E-state index contributed by atoms with van der Waals surface area (Å²) in [6.07, 6.45) is 0. The second kappa shape index (κ2) is 9.35. The lowest BCUT2D eigenvalue weighted by Gasteiger charge is -2.38. The number of rotatable bonds is 4. The zero-order valence-electron chi connectivity index (χ0n) is 20.6. The van der Waals surface area contributed by atoms with Crippen LogP contribution in [-0.2, 0) is 0 Å². The second-order valence-electron chi connectivity index (χ2n) is 9.63.